The molecule has 0 aromatic heterocycles. The van der Waals surface area contributed by atoms with Crippen LogP contribution in [0.4, 0.5) is 0 Å². The van der Waals surface area contributed by atoms with Crippen LogP contribution in [0.2, 0.25) is 5.02 Å². The van der Waals surface area contributed by atoms with Gasteiger partial charge in [-0.3, -0.25) is 4.90 Å². The van der Waals surface area contributed by atoms with Crippen LogP contribution < -0.4 is 5.32 Å². The quantitative estimate of drug-likeness (QED) is 0.890. The Hall–Kier alpha value is -0.570. The zero-order valence-corrected chi connectivity index (χ0v) is 11.4. The van der Waals surface area contributed by atoms with Crippen molar-refractivity contribution >= 4 is 11.6 Å². The number of halogens is 1. The van der Waals surface area contributed by atoms with Crippen LogP contribution >= 0.6 is 11.6 Å². The number of nitrogens with zero attached hydrogens (tertiary/aromatic N) is 1. The Kier molecular flexibility index (Phi) is 4.43. The summed E-state index contributed by atoms with van der Waals surface area (Å²) in [5, 5.41) is 4.20. The molecule has 0 spiro atoms. The Bertz CT molecular complexity index is 359. The van der Waals surface area contributed by atoms with E-state index in [1.165, 1.54) is 31.5 Å². The van der Waals surface area contributed by atoms with Crippen molar-refractivity contribution in [2.24, 2.45) is 0 Å². The van der Waals surface area contributed by atoms with Crippen molar-refractivity contribution < 1.29 is 0 Å². The molecule has 1 saturated heterocycles. The molecule has 2 nitrogen and oxygen atoms in total. The smallest absolute Gasteiger partial charge is 0.0409 e. The van der Waals surface area contributed by atoms with E-state index in [1.807, 2.05) is 12.1 Å². The predicted molar refractivity (Wildman–Crippen MR) is 73.5 cm³/mol. The molecule has 1 heterocycles. The monoisotopic (exact) mass is 252 g/mol. The van der Waals surface area contributed by atoms with Crippen LogP contribution in [0.3, 0.4) is 0 Å². The molecule has 17 heavy (non-hydrogen) atoms. The molecule has 0 bridgehead atoms. The summed E-state index contributed by atoms with van der Waals surface area (Å²) in [7, 11) is 2.06. The number of benzene rings is 1. The lowest BCUT2D eigenvalue weighted by Crippen LogP contribution is -2.42. The first-order valence-electron chi connectivity index (χ1n) is 6.37. The molecular formula is C14H21ClN2. The highest BCUT2D eigenvalue weighted by Crippen LogP contribution is 2.25. The van der Waals surface area contributed by atoms with Gasteiger partial charge in [0.05, 0.1) is 0 Å². The van der Waals surface area contributed by atoms with Gasteiger partial charge in [-0.25, -0.2) is 0 Å². The lowest BCUT2D eigenvalue weighted by molar-refractivity contribution is 0.155. The van der Waals surface area contributed by atoms with Gasteiger partial charge in [0.2, 0.25) is 0 Å². The molecule has 1 aromatic carbocycles. The fraction of sp³-hybridized carbons (Fsp3) is 0.571. The summed E-state index contributed by atoms with van der Waals surface area (Å²) in [5.74, 6) is 0. The SMILES string of the molecule is CNC1CCN(C(C)c2cccc(Cl)c2)CC1. The standard InChI is InChI=1S/C14H21ClN2/c1-11(12-4-3-5-13(15)10-12)17-8-6-14(16-2)7-9-17/h3-5,10-11,14,16H,6-9H2,1-2H3. The molecule has 1 aromatic rings. The van der Waals surface area contributed by atoms with Gasteiger partial charge in [-0.2, -0.15) is 0 Å². The van der Waals surface area contributed by atoms with E-state index in [-0.39, 0.29) is 0 Å². The molecule has 1 unspecified atom stereocenters. The van der Waals surface area contributed by atoms with Crippen LogP contribution in [0.5, 0.6) is 0 Å². The van der Waals surface area contributed by atoms with Gasteiger partial charge in [-0.05, 0) is 44.5 Å². The fourth-order valence-electron chi connectivity index (χ4n) is 2.55. The lowest BCUT2D eigenvalue weighted by Gasteiger charge is -2.36. The molecule has 0 amide bonds. The van der Waals surface area contributed by atoms with E-state index in [2.05, 4.69) is 36.3 Å². The van der Waals surface area contributed by atoms with E-state index >= 15 is 0 Å². The van der Waals surface area contributed by atoms with Crippen molar-refractivity contribution in [3.8, 4) is 0 Å². The molecule has 1 atom stereocenters. The Morgan fingerprint density at radius 1 is 1.35 bits per heavy atom. The van der Waals surface area contributed by atoms with Gasteiger partial charge in [0.15, 0.2) is 0 Å². The van der Waals surface area contributed by atoms with E-state index in [0.717, 1.165) is 5.02 Å². The molecular weight excluding hydrogens is 232 g/mol. The van der Waals surface area contributed by atoms with E-state index in [1.54, 1.807) is 0 Å². The predicted octanol–water partition coefficient (Wildman–Crippen LogP) is 3.08. The molecule has 0 aliphatic carbocycles. The van der Waals surface area contributed by atoms with Crippen molar-refractivity contribution in [1.29, 1.82) is 0 Å². The summed E-state index contributed by atoms with van der Waals surface area (Å²) < 4.78 is 0. The average molecular weight is 253 g/mol. The second-order valence-electron chi connectivity index (χ2n) is 4.83. The van der Waals surface area contributed by atoms with E-state index in [9.17, 15) is 0 Å². The Balaban J connectivity index is 1.99. The fourth-order valence-corrected chi connectivity index (χ4v) is 2.75. The highest BCUT2D eigenvalue weighted by atomic mass is 35.5. The summed E-state index contributed by atoms with van der Waals surface area (Å²) in [4.78, 5) is 2.54. The van der Waals surface area contributed by atoms with Gasteiger partial charge in [0.25, 0.3) is 0 Å². The molecule has 3 heteroatoms. The number of nitrogens with one attached hydrogen (secondary N) is 1. The summed E-state index contributed by atoms with van der Waals surface area (Å²) in [6.45, 7) is 4.60. The van der Waals surface area contributed by atoms with Crippen LogP contribution in [0.1, 0.15) is 31.4 Å². The number of piperidine rings is 1. The molecule has 94 valence electrons. The van der Waals surface area contributed by atoms with Gasteiger partial charge in [-0.15, -0.1) is 0 Å². The molecule has 2 rings (SSSR count). The van der Waals surface area contributed by atoms with Crippen LogP contribution in [-0.2, 0) is 0 Å². The third kappa shape index (κ3) is 3.21. The van der Waals surface area contributed by atoms with Crippen molar-refractivity contribution in [3.05, 3.63) is 34.9 Å². The maximum Gasteiger partial charge on any atom is 0.0409 e. The first-order valence-corrected chi connectivity index (χ1v) is 6.75. The maximum atomic E-state index is 6.04. The Morgan fingerprint density at radius 3 is 2.65 bits per heavy atom. The number of rotatable bonds is 3. The number of hydrogen-bond acceptors (Lipinski definition) is 2. The van der Waals surface area contributed by atoms with Gasteiger partial charge in [-0.1, -0.05) is 23.7 Å². The summed E-state index contributed by atoms with van der Waals surface area (Å²) in [6.07, 6.45) is 2.48. The van der Waals surface area contributed by atoms with Gasteiger partial charge < -0.3 is 5.32 Å². The van der Waals surface area contributed by atoms with E-state index < -0.39 is 0 Å². The second-order valence-corrected chi connectivity index (χ2v) is 5.27. The largest absolute Gasteiger partial charge is 0.317 e. The van der Waals surface area contributed by atoms with Crippen molar-refractivity contribution in [2.45, 2.75) is 31.8 Å². The highest BCUT2D eigenvalue weighted by molar-refractivity contribution is 6.30. The number of hydrogen-bond donors (Lipinski definition) is 1. The average Bonchev–Trinajstić information content (AvgIpc) is 2.38. The first-order chi connectivity index (χ1) is 8.20. The molecule has 0 saturated carbocycles. The topological polar surface area (TPSA) is 15.3 Å². The summed E-state index contributed by atoms with van der Waals surface area (Å²) in [5.41, 5.74) is 1.32. The minimum atomic E-state index is 0.464. The minimum Gasteiger partial charge on any atom is -0.317 e. The highest BCUT2D eigenvalue weighted by Gasteiger charge is 2.22. The van der Waals surface area contributed by atoms with Gasteiger partial charge >= 0.3 is 0 Å². The van der Waals surface area contributed by atoms with Crippen molar-refractivity contribution in [3.63, 3.8) is 0 Å². The maximum absolute atomic E-state index is 6.04. The van der Waals surface area contributed by atoms with E-state index in [0.29, 0.717) is 12.1 Å². The molecule has 0 radical (unpaired) electrons. The molecule has 1 fully saturated rings. The summed E-state index contributed by atoms with van der Waals surface area (Å²) >= 11 is 6.04. The number of likely N-dealkylation sites (tertiary alicyclic amines) is 1. The second kappa shape index (κ2) is 5.85. The van der Waals surface area contributed by atoms with Crippen molar-refractivity contribution in [1.82, 2.24) is 10.2 Å². The van der Waals surface area contributed by atoms with Crippen LogP contribution in [-0.4, -0.2) is 31.1 Å². The third-order valence-electron chi connectivity index (χ3n) is 3.82. The van der Waals surface area contributed by atoms with Crippen LogP contribution in [0, 0.1) is 0 Å². The normalized spacial score (nSPS) is 20.4. The van der Waals surface area contributed by atoms with E-state index in [4.69, 9.17) is 11.6 Å². The van der Waals surface area contributed by atoms with Gasteiger partial charge in [0, 0.05) is 30.2 Å². The summed E-state index contributed by atoms with van der Waals surface area (Å²) in [6, 6.07) is 9.38. The van der Waals surface area contributed by atoms with Crippen molar-refractivity contribution in [2.75, 3.05) is 20.1 Å². The first kappa shape index (κ1) is 12.9. The Labute approximate surface area is 109 Å². The third-order valence-corrected chi connectivity index (χ3v) is 4.05. The van der Waals surface area contributed by atoms with Crippen LogP contribution in [0.15, 0.2) is 24.3 Å². The Morgan fingerprint density at radius 2 is 2.06 bits per heavy atom. The van der Waals surface area contributed by atoms with Crippen LogP contribution in [0.25, 0.3) is 0 Å². The molecule has 1 aliphatic heterocycles. The molecule has 1 N–H and O–H groups in total. The minimum absolute atomic E-state index is 0.464. The van der Waals surface area contributed by atoms with Gasteiger partial charge in [0.1, 0.15) is 0 Å². The zero-order chi connectivity index (χ0) is 12.3. The zero-order valence-electron chi connectivity index (χ0n) is 10.6. The lowest BCUT2D eigenvalue weighted by atomic mass is 10.0. The molecule has 1 aliphatic rings.